The first-order valence-electron chi connectivity index (χ1n) is 10.7. The molecular weight excluding hydrogens is 442 g/mol. The molecule has 3 aromatic rings. The highest BCUT2D eigenvalue weighted by Gasteiger charge is 2.26. The van der Waals surface area contributed by atoms with E-state index in [-0.39, 0.29) is 18.7 Å². The van der Waals surface area contributed by atoms with E-state index in [1.54, 1.807) is 6.92 Å². The lowest BCUT2D eigenvalue weighted by Gasteiger charge is -2.14. The molecule has 2 aliphatic rings. The number of rotatable bonds is 7. The van der Waals surface area contributed by atoms with E-state index in [2.05, 4.69) is 20.8 Å². The minimum absolute atomic E-state index is 0.180. The summed E-state index contributed by atoms with van der Waals surface area (Å²) < 4.78 is 12.9. The molecule has 1 atom stereocenters. The maximum atomic E-state index is 12.6. The van der Waals surface area contributed by atoms with Crippen molar-refractivity contribution in [1.82, 2.24) is 25.4 Å². The molecule has 3 amide bonds. The van der Waals surface area contributed by atoms with Crippen molar-refractivity contribution in [3.05, 3.63) is 54.1 Å². The number of amides is 3. The first-order valence-corrected chi connectivity index (χ1v) is 11.6. The number of nitrogens with zero attached hydrogens (tertiary/aromatic N) is 3. The summed E-state index contributed by atoms with van der Waals surface area (Å²) >= 11 is 1.26. The standard InChI is InChI=1S/C23H23N5O4S/c1-14(21(29)25-22(30)24-17-8-9-17)33-23-27-26-20(16-5-3-2-4-6-16)28(23)12-15-7-10-18-19(11-15)32-13-31-18/h2-7,10-11,14,17H,8-9,12-13H2,1H3,(H2,24,25,29,30). The molecule has 2 heterocycles. The zero-order chi connectivity index (χ0) is 22.8. The summed E-state index contributed by atoms with van der Waals surface area (Å²) in [7, 11) is 0. The fraction of sp³-hybridized carbons (Fsp3) is 0.304. The van der Waals surface area contributed by atoms with E-state index >= 15 is 0 Å². The van der Waals surface area contributed by atoms with Gasteiger partial charge in [0, 0.05) is 11.6 Å². The first-order chi connectivity index (χ1) is 16.1. The van der Waals surface area contributed by atoms with Crippen molar-refractivity contribution in [1.29, 1.82) is 0 Å². The van der Waals surface area contributed by atoms with Crippen molar-refractivity contribution in [3.63, 3.8) is 0 Å². The van der Waals surface area contributed by atoms with Gasteiger partial charge in [-0.2, -0.15) is 0 Å². The first kappa shape index (κ1) is 21.3. The molecule has 1 saturated carbocycles. The molecule has 33 heavy (non-hydrogen) atoms. The number of carbonyl (C=O) groups is 2. The second-order valence-corrected chi connectivity index (χ2v) is 9.25. The monoisotopic (exact) mass is 465 g/mol. The quantitative estimate of drug-likeness (QED) is 0.516. The van der Waals surface area contributed by atoms with E-state index in [4.69, 9.17) is 9.47 Å². The van der Waals surface area contributed by atoms with Gasteiger partial charge in [-0.15, -0.1) is 10.2 Å². The Morgan fingerprint density at radius 1 is 1.12 bits per heavy atom. The van der Waals surface area contributed by atoms with Crippen LogP contribution in [-0.2, 0) is 11.3 Å². The minimum atomic E-state index is -0.543. The molecule has 0 bridgehead atoms. The van der Waals surface area contributed by atoms with Crippen LogP contribution in [0.5, 0.6) is 11.5 Å². The summed E-state index contributed by atoms with van der Waals surface area (Å²) in [5.41, 5.74) is 1.90. The van der Waals surface area contributed by atoms with Crippen LogP contribution in [0.25, 0.3) is 11.4 Å². The van der Waals surface area contributed by atoms with E-state index in [1.807, 2.05) is 53.1 Å². The van der Waals surface area contributed by atoms with Gasteiger partial charge in [0.15, 0.2) is 22.5 Å². The number of hydrogen-bond acceptors (Lipinski definition) is 7. The molecule has 1 fully saturated rings. The molecule has 9 nitrogen and oxygen atoms in total. The third-order valence-electron chi connectivity index (χ3n) is 5.33. The Balaban J connectivity index is 1.38. The summed E-state index contributed by atoms with van der Waals surface area (Å²) in [5, 5.41) is 14.0. The second-order valence-electron chi connectivity index (χ2n) is 7.94. The molecular formula is C23H23N5O4S. The molecule has 170 valence electrons. The number of urea groups is 1. The molecule has 0 radical (unpaired) electrons. The van der Waals surface area contributed by atoms with Crippen LogP contribution in [0.4, 0.5) is 4.79 Å². The van der Waals surface area contributed by atoms with Crippen LogP contribution < -0.4 is 20.1 Å². The smallest absolute Gasteiger partial charge is 0.321 e. The number of carbonyl (C=O) groups excluding carboxylic acids is 2. The Bertz CT molecular complexity index is 1180. The Morgan fingerprint density at radius 3 is 2.70 bits per heavy atom. The molecule has 1 aromatic heterocycles. The van der Waals surface area contributed by atoms with Crippen LogP contribution in [0.3, 0.4) is 0 Å². The van der Waals surface area contributed by atoms with E-state index < -0.39 is 11.3 Å². The van der Waals surface area contributed by atoms with E-state index in [0.29, 0.717) is 23.3 Å². The third kappa shape index (κ3) is 4.95. The van der Waals surface area contributed by atoms with Crippen LogP contribution >= 0.6 is 11.8 Å². The van der Waals surface area contributed by atoms with E-state index in [1.165, 1.54) is 11.8 Å². The lowest BCUT2D eigenvalue weighted by molar-refractivity contribution is -0.119. The average Bonchev–Trinajstić information content (AvgIpc) is 3.35. The molecule has 0 spiro atoms. The maximum Gasteiger partial charge on any atom is 0.321 e. The van der Waals surface area contributed by atoms with Gasteiger partial charge in [0.25, 0.3) is 0 Å². The Labute approximate surface area is 194 Å². The normalized spacial score (nSPS) is 15.2. The Hall–Kier alpha value is -3.53. The number of ether oxygens (including phenoxy) is 2. The number of nitrogens with one attached hydrogen (secondary N) is 2. The molecule has 5 rings (SSSR count). The fourth-order valence-electron chi connectivity index (χ4n) is 3.42. The van der Waals surface area contributed by atoms with E-state index in [0.717, 1.165) is 29.7 Å². The average molecular weight is 466 g/mol. The highest BCUT2D eigenvalue weighted by Crippen LogP contribution is 2.34. The van der Waals surface area contributed by atoms with Gasteiger partial charge >= 0.3 is 6.03 Å². The van der Waals surface area contributed by atoms with Crippen molar-refractivity contribution < 1.29 is 19.1 Å². The molecule has 1 aliphatic heterocycles. The molecule has 1 unspecified atom stereocenters. The SMILES string of the molecule is CC(Sc1nnc(-c2ccccc2)n1Cc1ccc2c(c1)OCO2)C(=O)NC(=O)NC1CC1. The van der Waals surface area contributed by atoms with Gasteiger partial charge in [-0.1, -0.05) is 48.2 Å². The fourth-order valence-corrected chi connectivity index (χ4v) is 4.26. The van der Waals surface area contributed by atoms with Crippen molar-refractivity contribution in [2.24, 2.45) is 0 Å². The van der Waals surface area contributed by atoms with Gasteiger partial charge in [0.1, 0.15) is 0 Å². The number of aromatic nitrogens is 3. The van der Waals surface area contributed by atoms with Crippen LogP contribution in [0.15, 0.2) is 53.7 Å². The zero-order valence-electron chi connectivity index (χ0n) is 18.0. The highest BCUT2D eigenvalue weighted by molar-refractivity contribution is 8.00. The molecule has 0 saturated heterocycles. The van der Waals surface area contributed by atoms with Crippen molar-refractivity contribution in [2.45, 2.75) is 42.8 Å². The van der Waals surface area contributed by atoms with Gasteiger partial charge in [-0.3, -0.25) is 14.7 Å². The summed E-state index contributed by atoms with van der Waals surface area (Å²) in [5.74, 6) is 1.73. The number of imide groups is 1. The minimum Gasteiger partial charge on any atom is -0.454 e. The molecule has 2 N–H and O–H groups in total. The number of hydrogen-bond donors (Lipinski definition) is 2. The summed E-state index contributed by atoms with van der Waals surface area (Å²) in [4.78, 5) is 24.5. The molecule has 1 aliphatic carbocycles. The lowest BCUT2D eigenvalue weighted by Crippen LogP contribution is -2.43. The molecule has 2 aromatic carbocycles. The predicted molar refractivity (Wildman–Crippen MR) is 122 cm³/mol. The van der Waals surface area contributed by atoms with Gasteiger partial charge in [0.05, 0.1) is 11.8 Å². The summed E-state index contributed by atoms with van der Waals surface area (Å²) in [6.07, 6.45) is 1.91. The summed E-state index contributed by atoms with van der Waals surface area (Å²) in [6, 6.07) is 15.3. The van der Waals surface area contributed by atoms with Crippen LogP contribution in [0.1, 0.15) is 25.3 Å². The lowest BCUT2D eigenvalue weighted by atomic mass is 10.2. The van der Waals surface area contributed by atoms with Gasteiger partial charge in [-0.05, 0) is 37.5 Å². The third-order valence-corrected chi connectivity index (χ3v) is 6.41. The van der Waals surface area contributed by atoms with Crippen LogP contribution in [-0.4, -0.2) is 44.8 Å². The highest BCUT2D eigenvalue weighted by atomic mass is 32.2. The van der Waals surface area contributed by atoms with E-state index in [9.17, 15) is 9.59 Å². The molecule has 10 heteroatoms. The van der Waals surface area contributed by atoms with Gasteiger partial charge in [-0.25, -0.2) is 4.79 Å². The van der Waals surface area contributed by atoms with Crippen molar-refractivity contribution in [2.75, 3.05) is 6.79 Å². The van der Waals surface area contributed by atoms with Crippen molar-refractivity contribution >= 4 is 23.7 Å². The van der Waals surface area contributed by atoms with Gasteiger partial charge in [0.2, 0.25) is 12.7 Å². The van der Waals surface area contributed by atoms with Gasteiger partial charge < -0.3 is 14.8 Å². The number of thioether (sulfide) groups is 1. The largest absolute Gasteiger partial charge is 0.454 e. The number of fused-ring (bicyclic) bond motifs is 1. The maximum absolute atomic E-state index is 12.6. The predicted octanol–water partition coefficient (Wildman–Crippen LogP) is 3.19. The summed E-state index contributed by atoms with van der Waals surface area (Å²) in [6.45, 7) is 2.43. The Morgan fingerprint density at radius 2 is 1.91 bits per heavy atom. The van der Waals surface area contributed by atoms with Crippen LogP contribution in [0, 0.1) is 0 Å². The van der Waals surface area contributed by atoms with Crippen LogP contribution in [0.2, 0.25) is 0 Å². The van der Waals surface area contributed by atoms with Crippen molar-refractivity contribution in [3.8, 4) is 22.9 Å². The topological polar surface area (TPSA) is 107 Å². The number of benzene rings is 2. The Kier molecular flexibility index (Phi) is 5.91. The second kappa shape index (κ2) is 9.14. The zero-order valence-corrected chi connectivity index (χ0v) is 18.8.